The molecule has 1 fully saturated rings. The summed E-state index contributed by atoms with van der Waals surface area (Å²) >= 11 is 2.72. The van der Waals surface area contributed by atoms with Crippen molar-refractivity contribution >= 4 is 52.9 Å². The molecule has 2 aliphatic rings. The van der Waals surface area contributed by atoms with Gasteiger partial charge in [-0.3, -0.25) is 29.4 Å². The van der Waals surface area contributed by atoms with Crippen molar-refractivity contribution in [1.29, 1.82) is 0 Å². The van der Waals surface area contributed by atoms with Crippen molar-refractivity contribution in [3.8, 4) is 0 Å². The van der Waals surface area contributed by atoms with Gasteiger partial charge in [0.2, 0.25) is 5.91 Å². The number of rotatable bonds is 8. The molecule has 4 rings (SSSR count). The number of nitrogens with zero attached hydrogens (tertiary/aromatic N) is 2. The smallest absolute Gasteiger partial charge is 0.355 e. The number of hydrogen-bond acceptors (Lipinski definition) is 9. The van der Waals surface area contributed by atoms with Crippen molar-refractivity contribution in [2.75, 3.05) is 5.75 Å². The van der Waals surface area contributed by atoms with E-state index in [1.54, 1.807) is 0 Å². The summed E-state index contributed by atoms with van der Waals surface area (Å²) in [6.45, 7) is -0.187. The summed E-state index contributed by atoms with van der Waals surface area (Å²) in [5.74, 6) is -1.45. The molecule has 2 atom stereocenters. The summed E-state index contributed by atoms with van der Waals surface area (Å²) in [4.78, 5) is 61.6. The molecular weight excluding hydrogens is 470 g/mol. The number of ether oxygens (including phenoxy) is 1. The standard InChI is InChI=1S/C21H17N3O7S2/c25-9-13-11-33-20-17(22-16(26)8-15-2-1-7-32-15)19(27)23(20)18(13)21(28)31-10-12-3-5-14(6-4-12)24(29)30/h1-7,9,17,20H,8,10-11H2,(H,22,26)/t17?,20-/m0/s1. The number of nitro groups is 1. The number of nitrogens with one attached hydrogen (secondary N) is 1. The minimum atomic E-state index is -0.850. The van der Waals surface area contributed by atoms with Crippen LogP contribution in [0.15, 0.2) is 53.0 Å². The van der Waals surface area contributed by atoms with E-state index in [1.165, 1.54) is 52.3 Å². The average molecular weight is 488 g/mol. The largest absolute Gasteiger partial charge is 0.456 e. The Morgan fingerprint density at radius 3 is 2.67 bits per heavy atom. The molecule has 170 valence electrons. The summed E-state index contributed by atoms with van der Waals surface area (Å²) in [6, 6.07) is 8.34. The van der Waals surface area contributed by atoms with E-state index < -0.39 is 28.2 Å². The fraction of sp³-hybridized carbons (Fsp3) is 0.238. The van der Waals surface area contributed by atoms with Crippen LogP contribution in [-0.4, -0.2) is 51.1 Å². The number of non-ortho nitro benzene ring substituents is 1. The Bertz CT molecular complexity index is 1150. The van der Waals surface area contributed by atoms with E-state index in [4.69, 9.17) is 4.74 Å². The maximum Gasteiger partial charge on any atom is 0.355 e. The van der Waals surface area contributed by atoms with E-state index in [2.05, 4.69) is 5.32 Å². The molecule has 1 saturated heterocycles. The quantitative estimate of drug-likeness (QED) is 0.196. The zero-order valence-electron chi connectivity index (χ0n) is 17.0. The van der Waals surface area contributed by atoms with E-state index >= 15 is 0 Å². The summed E-state index contributed by atoms with van der Waals surface area (Å²) in [7, 11) is 0. The molecule has 33 heavy (non-hydrogen) atoms. The van der Waals surface area contributed by atoms with E-state index in [-0.39, 0.29) is 41.6 Å². The number of aldehydes is 1. The maximum atomic E-state index is 12.8. The molecule has 0 bridgehead atoms. The van der Waals surface area contributed by atoms with Crippen LogP contribution >= 0.6 is 23.1 Å². The number of hydrogen-bond donors (Lipinski definition) is 1. The van der Waals surface area contributed by atoms with Crippen LogP contribution in [0, 0.1) is 10.1 Å². The van der Waals surface area contributed by atoms with Crippen molar-refractivity contribution in [3.63, 3.8) is 0 Å². The second kappa shape index (κ2) is 9.55. The third-order valence-corrected chi connectivity index (χ3v) is 7.26. The van der Waals surface area contributed by atoms with E-state index in [0.29, 0.717) is 11.8 Å². The third-order valence-electron chi connectivity index (χ3n) is 5.08. The van der Waals surface area contributed by atoms with Gasteiger partial charge in [0.15, 0.2) is 0 Å². The van der Waals surface area contributed by atoms with Gasteiger partial charge in [-0.1, -0.05) is 6.07 Å². The van der Waals surface area contributed by atoms with Crippen LogP contribution in [0.1, 0.15) is 10.4 Å². The monoisotopic (exact) mass is 487 g/mol. The summed E-state index contributed by atoms with van der Waals surface area (Å²) < 4.78 is 5.27. The van der Waals surface area contributed by atoms with Crippen LogP contribution < -0.4 is 5.32 Å². The highest BCUT2D eigenvalue weighted by Crippen LogP contribution is 2.40. The van der Waals surface area contributed by atoms with Gasteiger partial charge >= 0.3 is 5.97 Å². The fourth-order valence-corrected chi connectivity index (χ4v) is 5.44. The molecule has 2 aromatic rings. The lowest BCUT2D eigenvalue weighted by molar-refractivity contribution is -0.384. The Balaban J connectivity index is 1.41. The van der Waals surface area contributed by atoms with Gasteiger partial charge in [-0.05, 0) is 29.1 Å². The van der Waals surface area contributed by atoms with E-state index in [9.17, 15) is 29.3 Å². The number of thiophene rings is 1. The molecule has 0 radical (unpaired) electrons. The highest BCUT2D eigenvalue weighted by molar-refractivity contribution is 8.00. The van der Waals surface area contributed by atoms with Gasteiger partial charge in [-0.2, -0.15) is 0 Å². The molecule has 0 spiro atoms. The number of nitro benzene ring substituents is 1. The number of carbonyl (C=O) groups excluding carboxylic acids is 4. The highest BCUT2D eigenvalue weighted by atomic mass is 32.2. The van der Waals surface area contributed by atoms with Gasteiger partial charge in [0, 0.05) is 28.3 Å². The first kappa shape index (κ1) is 22.7. The fourth-order valence-electron chi connectivity index (χ4n) is 3.45. The number of thioether (sulfide) groups is 1. The van der Waals surface area contributed by atoms with Crippen molar-refractivity contribution in [2.24, 2.45) is 0 Å². The first-order chi connectivity index (χ1) is 15.9. The molecule has 0 saturated carbocycles. The van der Waals surface area contributed by atoms with Crippen molar-refractivity contribution < 1.29 is 28.8 Å². The second-order valence-electron chi connectivity index (χ2n) is 7.20. The SMILES string of the molecule is O=CC1=C(C(=O)OCc2ccc([N+](=O)[O-])cc2)N2C(=O)C(NC(=O)Cc3cccs3)[C@@H]2SC1. The molecule has 1 aromatic heterocycles. The van der Waals surface area contributed by atoms with Crippen LogP contribution in [0.25, 0.3) is 0 Å². The third kappa shape index (κ3) is 4.66. The second-order valence-corrected chi connectivity index (χ2v) is 9.34. The Kier molecular flexibility index (Phi) is 6.56. The number of fused-ring (bicyclic) bond motifs is 1. The normalized spacial score (nSPS) is 19.4. The molecule has 0 aliphatic carbocycles. The molecule has 12 heteroatoms. The molecule has 2 amide bonds. The average Bonchev–Trinajstić information content (AvgIpc) is 3.33. The Morgan fingerprint density at radius 1 is 1.27 bits per heavy atom. The van der Waals surface area contributed by atoms with Crippen LogP contribution in [0.2, 0.25) is 0 Å². The number of amides is 2. The number of β-lactam (4-membered cyclic amide) rings is 1. The van der Waals surface area contributed by atoms with Gasteiger partial charge in [0.05, 0.1) is 11.3 Å². The van der Waals surface area contributed by atoms with Gasteiger partial charge in [0.1, 0.15) is 30.0 Å². The molecule has 1 aromatic carbocycles. The van der Waals surface area contributed by atoms with Crippen LogP contribution in [-0.2, 0) is 36.9 Å². The first-order valence-corrected chi connectivity index (χ1v) is 11.7. The highest BCUT2D eigenvalue weighted by Gasteiger charge is 2.54. The Labute approximate surface area is 195 Å². The topological polar surface area (TPSA) is 136 Å². The minimum Gasteiger partial charge on any atom is -0.456 e. The van der Waals surface area contributed by atoms with Crippen LogP contribution in [0.3, 0.4) is 0 Å². The Morgan fingerprint density at radius 2 is 2.03 bits per heavy atom. The molecule has 1 N–H and O–H groups in total. The predicted molar refractivity (Wildman–Crippen MR) is 119 cm³/mol. The lowest BCUT2D eigenvalue weighted by Crippen LogP contribution is -2.70. The maximum absolute atomic E-state index is 12.8. The van der Waals surface area contributed by atoms with Crippen molar-refractivity contribution in [3.05, 3.63) is 73.6 Å². The van der Waals surface area contributed by atoms with Gasteiger partial charge < -0.3 is 10.1 Å². The summed E-state index contributed by atoms with van der Waals surface area (Å²) in [5.41, 5.74) is 0.408. The van der Waals surface area contributed by atoms with Crippen molar-refractivity contribution in [1.82, 2.24) is 10.2 Å². The predicted octanol–water partition coefficient (Wildman–Crippen LogP) is 1.80. The molecular formula is C21H17N3O7S2. The van der Waals surface area contributed by atoms with Gasteiger partial charge in [0.25, 0.3) is 11.6 Å². The first-order valence-electron chi connectivity index (χ1n) is 9.74. The lowest BCUT2D eigenvalue weighted by Gasteiger charge is -2.49. The lowest BCUT2D eigenvalue weighted by atomic mass is 10.0. The molecule has 3 heterocycles. The molecule has 1 unspecified atom stereocenters. The Hall–Kier alpha value is -3.51. The van der Waals surface area contributed by atoms with E-state index in [1.807, 2.05) is 17.5 Å². The zero-order chi connectivity index (χ0) is 23.5. The summed E-state index contributed by atoms with van der Waals surface area (Å²) in [6.07, 6.45) is 0.667. The number of benzene rings is 1. The minimum absolute atomic E-state index is 0.0958. The molecule has 10 nitrogen and oxygen atoms in total. The van der Waals surface area contributed by atoms with Gasteiger partial charge in [-0.25, -0.2) is 4.79 Å². The van der Waals surface area contributed by atoms with Crippen LogP contribution in [0.5, 0.6) is 0 Å². The van der Waals surface area contributed by atoms with E-state index in [0.717, 1.165) is 4.88 Å². The van der Waals surface area contributed by atoms with Gasteiger partial charge in [-0.15, -0.1) is 23.1 Å². The number of carbonyl (C=O) groups is 4. The number of esters is 1. The molecule has 2 aliphatic heterocycles. The van der Waals surface area contributed by atoms with Crippen LogP contribution in [0.4, 0.5) is 5.69 Å². The zero-order valence-corrected chi connectivity index (χ0v) is 18.6. The summed E-state index contributed by atoms with van der Waals surface area (Å²) in [5, 5.41) is 14.8. The van der Waals surface area contributed by atoms with Crippen molar-refractivity contribution in [2.45, 2.75) is 24.4 Å².